The van der Waals surface area contributed by atoms with Gasteiger partial charge in [-0.15, -0.1) is 0 Å². The minimum Gasteiger partial charge on any atom is -0.494 e. The summed E-state index contributed by atoms with van der Waals surface area (Å²) in [6, 6.07) is 9.97. The summed E-state index contributed by atoms with van der Waals surface area (Å²) in [5.74, 6) is 0.746. The summed E-state index contributed by atoms with van der Waals surface area (Å²) in [4.78, 5) is 14.3. The van der Waals surface area contributed by atoms with Crippen molar-refractivity contribution in [2.24, 2.45) is 0 Å². The molecular weight excluding hydrogens is 351 g/mol. The Hall–Kier alpha value is -2.80. The number of carbonyl (C=O) groups is 1. The lowest BCUT2D eigenvalue weighted by molar-refractivity contribution is -0.117. The standard InChI is InChI=1S/C20H25FN2O4/c1-5-23(12-14-6-8-17(25-2)16(21)10-14)13-20(24)22-15-7-9-18(26-3)19(11-15)27-4/h6-11H,5,12-13H2,1-4H3,(H,22,24). The van der Waals surface area contributed by atoms with Gasteiger partial charge in [0.2, 0.25) is 5.91 Å². The number of anilines is 1. The number of halogens is 1. The number of carbonyl (C=O) groups excluding carboxylic acids is 1. The zero-order valence-electron chi connectivity index (χ0n) is 16.0. The van der Waals surface area contributed by atoms with E-state index in [0.717, 1.165) is 5.56 Å². The molecule has 0 saturated heterocycles. The van der Waals surface area contributed by atoms with E-state index in [-0.39, 0.29) is 18.2 Å². The molecule has 0 aliphatic heterocycles. The van der Waals surface area contributed by atoms with Crippen LogP contribution in [0, 0.1) is 5.82 Å². The van der Waals surface area contributed by atoms with Crippen LogP contribution in [0.2, 0.25) is 0 Å². The van der Waals surface area contributed by atoms with Crippen molar-refractivity contribution in [3.8, 4) is 17.2 Å². The van der Waals surface area contributed by atoms with Gasteiger partial charge in [0.1, 0.15) is 0 Å². The summed E-state index contributed by atoms with van der Waals surface area (Å²) in [7, 11) is 4.52. The molecule has 0 atom stereocenters. The molecule has 0 saturated carbocycles. The van der Waals surface area contributed by atoms with Crippen molar-refractivity contribution >= 4 is 11.6 Å². The summed E-state index contributed by atoms with van der Waals surface area (Å²) in [5, 5.41) is 2.84. The fourth-order valence-electron chi connectivity index (χ4n) is 2.66. The molecule has 1 N–H and O–H groups in total. The Morgan fingerprint density at radius 2 is 1.67 bits per heavy atom. The van der Waals surface area contributed by atoms with Gasteiger partial charge in [-0.25, -0.2) is 4.39 Å². The summed E-state index contributed by atoms with van der Waals surface area (Å²) in [5.41, 5.74) is 1.39. The van der Waals surface area contributed by atoms with Crippen LogP contribution in [-0.2, 0) is 11.3 Å². The highest BCUT2D eigenvalue weighted by Crippen LogP contribution is 2.29. The fraction of sp³-hybridized carbons (Fsp3) is 0.350. The lowest BCUT2D eigenvalue weighted by Gasteiger charge is -2.20. The second-order valence-corrected chi connectivity index (χ2v) is 5.89. The van der Waals surface area contributed by atoms with Crippen LogP contribution in [0.5, 0.6) is 17.2 Å². The molecule has 0 aromatic heterocycles. The molecule has 0 bridgehead atoms. The zero-order valence-corrected chi connectivity index (χ0v) is 16.0. The summed E-state index contributed by atoms with van der Waals surface area (Å²) in [6.45, 7) is 3.23. The largest absolute Gasteiger partial charge is 0.494 e. The van der Waals surface area contributed by atoms with Gasteiger partial charge in [-0.2, -0.15) is 0 Å². The predicted molar refractivity (Wildman–Crippen MR) is 102 cm³/mol. The first-order valence-electron chi connectivity index (χ1n) is 8.57. The fourth-order valence-corrected chi connectivity index (χ4v) is 2.66. The third kappa shape index (κ3) is 5.59. The van der Waals surface area contributed by atoms with Gasteiger partial charge in [0, 0.05) is 18.3 Å². The minimum atomic E-state index is -0.416. The van der Waals surface area contributed by atoms with E-state index in [4.69, 9.17) is 14.2 Å². The maximum atomic E-state index is 13.8. The topological polar surface area (TPSA) is 60.0 Å². The minimum absolute atomic E-state index is 0.168. The first kappa shape index (κ1) is 20.5. The van der Waals surface area contributed by atoms with Gasteiger partial charge in [-0.05, 0) is 36.4 Å². The summed E-state index contributed by atoms with van der Waals surface area (Å²) >= 11 is 0. The van der Waals surface area contributed by atoms with Crippen molar-refractivity contribution < 1.29 is 23.4 Å². The molecule has 0 aliphatic rings. The van der Waals surface area contributed by atoms with Gasteiger partial charge >= 0.3 is 0 Å². The van der Waals surface area contributed by atoms with Crippen LogP contribution in [-0.4, -0.2) is 45.2 Å². The average molecular weight is 376 g/mol. The van der Waals surface area contributed by atoms with Crippen molar-refractivity contribution in [1.29, 1.82) is 0 Å². The van der Waals surface area contributed by atoms with Crippen molar-refractivity contribution in [3.05, 3.63) is 47.8 Å². The first-order chi connectivity index (χ1) is 13.0. The maximum absolute atomic E-state index is 13.8. The number of methoxy groups -OCH3 is 3. The van der Waals surface area contributed by atoms with E-state index < -0.39 is 5.82 Å². The van der Waals surface area contributed by atoms with E-state index in [9.17, 15) is 9.18 Å². The Morgan fingerprint density at radius 1 is 1.00 bits per heavy atom. The molecular formula is C20H25FN2O4. The Morgan fingerprint density at radius 3 is 2.26 bits per heavy atom. The van der Waals surface area contributed by atoms with Crippen LogP contribution in [0.15, 0.2) is 36.4 Å². The summed E-state index contributed by atoms with van der Waals surface area (Å²) < 4.78 is 29.2. The first-order valence-corrected chi connectivity index (χ1v) is 8.57. The van der Waals surface area contributed by atoms with Crippen LogP contribution >= 0.6 is 0 Å². The second-order valence-electron chi connectivity index (χ2n) is 5.89. The highest BCUT2D eigenvalue weighted by atomic mass is 19.1. The Kier molecular flexibility index (Phi) is 7.43. The number of benzene rings is 2. The van der Waals surface area contributed by atoms with Gasteiger partial charge in [0.15, 0.2) is 23.1 Å². The Balaban J connectivity index is 1.99. The molecule has 1 amide bonds. The predicted octanol–water partition coefficient (Wildman–Crippen LogP) is 3.31. The number of rotatable bonds is 9. The molecule has 2 aromatic carbocycles. The molecule has 0 unspecified atom stereocenters. The molecule has 2 aromatic rings. The normalized spacial score (nSPS) is 10.6. The molecule has 0 radical (unpaired) electrons. The number of ether oxygens (including phenoxy) is 3. The van der Waals surface area contributed by atoms with Crippen molar-refractivity contribution in [3.63, 3.8) is 0 Å². The molecule has 0 aliphatic carbocycles. The van der Waals surface area contributed by atoms with Crippen LogP contribution in [0.3, 0.4) is 0 Å². The smallest absolute Gasteiger partial charge is 0.238 e. The van der Waals surface area contributed by atoms with E-state index in [2.05, 4.69) is 5.32 Å². The zero-order chi connectivity index (χ0) is 19.8. The highest BCUT2D eigenvalue weighted by Gasteiger charge is 2.13. The number of hydrogen-bond acceptors (Lipinski definition) is 5. The molecule has 7 heteroatoms. The van der Waals surface area contributed by atoms with Gasteiger partial charge in [0.05, 0.1) is 27.9 Å². The third-order valence-corrected chi connectivity index (χ3v) is 4.10. The van der Waals surface area contributed by atoms with Crippen LogP contribution in [0.25, 0.3) is 0 Å². The molecule has 6 nitrogen and oxygen atoms in total. The lowest BCUT2D eigenvalue weighted by Crippen LogP contribution is -2.32. The average Bonchev–Trinajstić information content (AvgIpc) is 2.67. The monoisotopic (exact) mass is 376 g/mol. The molecule has 146 valence electrons. The molecule has 2 rings (SSSR count). The number of nitrogens with one attached hydrogen (secondary N) is 1. The van der Waals surface area contributed by atoms with Crippen molar-refractivity contribution in [2.45, 2.75) is 13.5 Å². The van der Waals surface area contributed by atoms with Crippen LogP contribution in [0.1, 0.15) is 12.5 Å². The molecule has 0 spiro atoms. The molecule has 0 heterocycles. The van der Waals surface area contributed by atoms with E-state index in [1.54, 1.807) is 37.4 Å². The SMILES string of the molecule is CCN(CC(=O)Nc1ccc(OC)c(OC)c1)Cc1ccc(OC)c(F)c1. The second kappa shape index (κ2) is 9.78. The molecule has 0 fully saturated rings. The van der Waals surface area contributed by atoms with Gasteiger partial charge < -0.3 is 19.5 Å². The van der Waals surface area contributed by atoms with Gasteiger partial charge in [-0.1, -0.05) is 13.0 Å². The Bertz CT molecular complexity index is 783. The third-order valence-electron chi connectivity index (χ3n) is 4.10. The quantitative estimate of drug-likeness (QED) is 0.728. The highest BCUT2D eigenvalue weighted by molar-refractivity contribution is 5.92. The summed E-state index contributed by atoms with van der Waals surface area (Å²) in [6.07, 6.45) is 0. The van der Waals surface area contributed by atoms with Gasteiger partial charge in [0.25, 0.3) is 0 Å². The maximum Gasteiger partial charge on any atom is 0.238 e. The van der Waals surface area contributed by atoms with Crippen molar-refractivity contribution in [2.75, 3.05) is 39.7 Å². The Labute approximate surface area is 158 Å². The van der Waals surface area contributed by atoms with Gasteiger partial charge in [-0.3, -0.25) is 9.69 Å². The van der Waals surface area contributed by atoms with E-state index >= 15 is 0 Å². The number of hydrogen-bond donors (Lipinski definition) is 1. The molecule has 27 heavy (non-hydrogen) atoms. The number of likely N-dealkylation sites (N-methyl/N-ethyl adjacent to an activating group) is 1. The number of nitrogens with zero attached hydrogens (tertiary/aromatic N) is 1. The van der Waals surface area contributed by atoms with Crippen LogP contribution < -0.4 is 19.5 Å². The van der Waals surface area contributed by atoms with E-state index in [1.165, 1.54) is 20.3 Å². The van der Waals surface area contributed by atoms with E-state index in [1.807, 2.05) is 11.8 Å². The lowest BCUT2D eigenvalue weighted by atomic mass is 10.2. The number of amides is 1. The van der Waals surface area contributed by atoms with E-state index in [0.29, 0.717) is 30.3 Å². The van der Waals surface area contributed by atoms with Crippen LogP contribution in [0.4, 0.5) is 10.1 Å². The van der Waals surface area contributed by atoms with Crippen molar-refractivity contribution in [1.82, 2.24) is 4.90 Å².